The van der Waals surface area contributed by atoms with Crippen LogP contribution < -0.4 is 10.5 Å². The average Bonchev–Trinajstić information content (AvgIpc) is 2.80. The molecule has 6 nitrogen and oxygen atoms in total. The van der Waals surface area contributed by atoms with Crippen LogP contribution in [0.3, 0.4) is 0 Å². The van der Waals surface area contributed by atoms with E-state index in [1.807, 2.05) is 43.3 Å². The molecule has 3 rings (SSSR count). The number of carbonyl (C=O) groups excluding carboxylic acids is 2. The first kappa shape index (κ1) is 28.7. The number of rotatable bonds is 11. The summed E-state index contributed by atoms with van der Waals surface area (Å²) in [5.74, 6) is -0.991. The number of amidine groups is 1. The van der Waals surface area contributed by atoms with E-state index in [-0.39, 0.29) is 36.7 Å². The Morgan fingerprint density at radius 3 is 2.47 bits per heavy atom. The average molecular weight is 529 g/mol. The van der Waals surface area contributed by atoms with Gasteiger partial charge in [0.05, 0.1) is 12.3 Å². The molecule has 0 radical (unpaired) electrons. The molecule has 1 fully saturated rings. The minimum Gasteiger partial charge on any atom is -0.461 e. The van der Waals surface area contributed by atoms with Gasteiger partial charge in [0.15, 0.2) is 0 Å². The van der Waals surface area contributed by atoms with Gasteiger partial charge in [0.1, 0.15) is 18.2 Å². The lowest BCUT2D eigenvalue weighted by molar-refractivity contribution is -0.274. The van der Waals surface area contributed by atoms with Crippen LogP contribution in [0.1, 0.15) is 37.3 Å². The first-order chi connectivity index (χ1) is 18.0. The second-order valence-corrected chi connectivity index (χ2v) is 9.48. The van der Waals surface area contributed by atoms with Crippen molar-refractivity contribution in [2.75, 3.05) is 0 Å². The Morgan fingerprint density at radius 2 is 1.82 bits per heavy atom. The summed E-state index contributed by atoms with van der Waals surface area (Å²) >= 11 is 0. The van der Waals surface area contributed by atoms with Crippen molar-refractivity contribution in [3.63, 3.8) is 0 Å². The van der Waals surface area contributed by atoms with Gasteiger partial charge in [-0.05, 0) is 67.4 Å². The van der Waals surface area contributed by atoms with Crippen molar-refractivity contribution in [1.82, 2.24) is 0 Å². The number of ether oxygens (including phenoxy) is 2. The number of alkyl halides is 3. The van der Waals surface area contributed by atoms with E-state index in [2.05, 4.69) is 16.3 Å². The fraction of sp³-hybridized carbons (Fsp3) is 0.345. The number of hydrogen-bond donors (Lipinski definition) is 1. The molecule has 1 amide bonds. The van der Waals surface area contributed by atoms with Crippen LogP contribution in [-0.4, -0.2) is 24.1 Å². The normalized spacial score (nSPS) is 18.5. The van der Waals surface area contributed by atoms with Gasteiger partial charge in [0.25, 0.3) is 5.91 Å². The third-order valence-corrected chi connectivity index (χ3v) is 6.25. The van der Waals surface area contributed by atoms with E-state index in [0.717, 1.165) is 42.5 Å². The topological polar surface area (TPSA) is 91.0 Å². The molecular weight excluding hydrogens is 497 g/mol. The van der Waals surface area contributed by atoms with E-state index < -0.39 is 18.0 Å². The summed E-state index contributed by atoms with van der Waals surface area (Å²) in [6.07, 6.45) is 0.577. The van der Waals surface area contributed by atoms with Crippen molar-refractivity contribution in [2.45, 2.75) is 45.6 Å². The Morgan fingerprint density at radius 1 is 1.13 bits per heavy atom. The van der Waals surface area contributed by atoms with E-state index in [4.69, 9.17) is 10.5 Å². The molecule has 202 valence electrons. The summed E-state index contributed by atoms with van der Waals surface area (Å²) in [6, 6.07) is 14.7. The molecule has 0 bridgehead atoms. The van der Waals surface area contributed by atoms with Crippen LogP contribution in [0.25, 0.3) is 0 Å². The number of nitrogens with zero attached hydrogens (tertiary/aromatic N) is 1. The molecule has 1 atom stereocenters. The van der Waals surface area contributed by atoms with Crippen LogP contribution in [0.4, 0.5) is 13.2 Å². The molecule has 2 N–H and O–H groups in total. The van der Waals surface area contributed by atoms with Gasteiger partial charge in [0, 0.05) is 0 Å². The minimum atomic E-state index is -4.82. The Labute approximate surface area is 220 Å². The van der Waals surface area contributed by atoms with Gasteiger partial charge in [0.2, 0.25) is 0 Å². The molecule has 2 aromatic carbocycles. The SMILES string of the molecule is C=C(C)C(C=CC(N)=NC(=O)Cc1cccc(OC(F)(F)F)c1)CC1CC(C(=O)OCc2ccccc2)C1. The van der Waals surface area contributed by atoms with Crippen molar-refractivity contribution in [3.05, 3.63) is 90.0 Å². The Balaban J connectivity index is 1.46. The van der Waals surface area contributed by atoms with Gasteiger partial charge in [-0.2, -0.15) is 4.99 Å². The van der Waals surface area contributed by atoms with Crippen molar-refractivity contribution in [3.8, 4) is 5.75 Å². The van der Waals surface area contributed by atoms with Crippen molar-refractivity contribution >= 4 is 17.7 Å². The highest BCUT2D eigenvalue weighted by atomic mass is 19.4. The summed E-state index contributed by atoms with van der Waals surface area (Å²) in [4.78, 5) is 28.4. The zero-order valence-corrected chi connectivity index (χ0v) is 21.1. The lowest BCUT2D eigenvalue weighted by Gasteiger charge is -2.35. The number of esters is 1. The summed E-state index contributed by atoms with van der Waals surface area (Å²) in [6.45, 7) is 6.19. The van der Waals surface area contributed by atoms with Gasteiger partial charge >= 0.3 is 12.3 Å². The number of hydrogen-bond acceptors (Lipinski definition) is 4. The molecule has 0 saturated heterocycles. The molecule has 38 heavy (non-hydrogen) atoms. The first-order valence-corrected chi connectivity index (χ1v) is 12.2. The van der Waals surface area contributed by atoms with E-state index in [1.54, 1.807) is 0 Å². The number of carbonyl (C=O) groups is 2. The molecule has 0 spiro atoms. The quantitative estimate of drug-likeness (QED) is 0.169. The van der Waals surface area contributed by atoms with Crippen LogP contribution in [0.5, 0.6) is 5.75 Å². The number of halogens is 3. The first-order valence-electron chi connectivity index (χ1n) is 12.2. The van der Waals surface area contributed by atoms with E-state index >= 15 is 0 Å². The zero-order valence-electron chi connectivity index (χ0n) is 21.1. The third-order valence-electron chi connectivity index (χ3n) is 6.25. The van der Waals surface area contributed by atoms with Crippen LogP contribution in [0, 0.1) is 17.8 Å². The van der Waals surface area contributed by atoms with Crippen LogP contribution in [0.15, 0.2) is 83.9 Å². The molecule has 9 heteroatoms. The summed E-state index contributed by atoms with van der Waals surface area (Å²) in [5, 5.41) is 0. The van der Waals surface area contributed by atoms with Gasteiger partial charge in [-0.1, -0.05) is 60.7 Å². The molecule has 1 unspecified atom stereocenters. The maximum Gasteiger partial charge on any atom is 0.573 e. The number of allylic oxidation sites excluding steroid dienone is 2. The standard InChI is InChI=1S/C29H31F3N2O4/c1-19(2)23(13-22-14-24(15-22)28(36)37-18-20-7-4-3-5-8-20)11-12-26(33)34-27(35)17-21-9-6-10-25(16-21)38-29(30,31)32/h3-12,16,22-24H,1,13-15,17-18H2,2H3,(H2,33,34,35). The highest BCUT2D eigenvalue weighted by Gasteiger charge is 2.36. The second-order valence-electron chi connectivity index (χ2n) is 9.48. The third kappa shape index (κ3) is 9.53. The summed E-state index contributed by atoms with van der Waals surface area (Å²) in [5.41, 5.74) is 8.07. The molecular formula is C29H31F3N2O4. The van der Waals surface area contributed by atoms with Gasteiger partial charge in [-0.15, -0.1) is 13.2 Å². The predicted octanol–water partition coefficient (Wildman–Crippen LogP) is 5.92. The molecule has 1 aliphatic rings. The molecule has 1 aliphatic carbocycles. The van der Waals surface area contributed by atoms with E-state index in [1.165, 1.54) is 18.2 Å². The van der Waals surface area contributed by atoms with E-state index in [0.29, 0.717) is 11.5 Å². The van der Waals surface area contributed by atoms with Crippen LogP contribution >= 0.6 is 0 Å². The number of aliphatic imine (C=N–C) groups is 1. The zero-order chi connectivity index (χ0) is 27.7. The van der Waals surface area contributed by atoms with Gasteiger partial charge in [-0.25, -0.2) is 0 Å². The Bertz CT molecular complexity index is 1190. The van der Waals surface area contributed by atoms with E-state index in [9.17, 15) is 22.8 Å². The van der Waals surface area contributed by atoms with Crippen LogP contribution in [-0.2, 0) is 27.4 Å². The number of nitrogens with two attached hydrogens (primary N) is 1. The maximum absolute atomic E-state index is 12.4. The fourth-order valence-electron chi connectivity index (χ4n) is 4.23. The highest BCUT2D eigenvalue weighted by molar-refractivity contribution is 6.00. The van der Waals surface area contributed by atoms with Crippen molar-refractivity contribution in [2.24, 2.45) is 28.5 Å². The molecule has 0 aromatic heterocycles. The van der Waals surface area contributed by atoms with Gasteiger partial charge < -0.3 is 15.2 Å². The molecule has 1 saturated carbocycles. The molecule has 0 heterocycles. The molecule has 2 aromatic rings. The summed E-state index contributed by atoms with van der Waals surface area (Å²) < 4.78 is 46.5. The highest BCUT2D eigenvalue weighted by Crippen LogP contribution is 2.40. The van der Waals surface area contributed by atoms with Crippen molar-refractivity contribution in [1.29, 1.82) is 0 Å². The predicted molar refractivity (Wildman–Crippen MR) is 138 cm³/mol. The Hall–Kier alpha value is -3.88. The van der Waals surface area contributed by atoms with Crippen molar-refractivity contribution < 1.29 is 32.2 Å². The minimum absolute atomic E-state index is 0.0126. The number of amides is 1. The lowest BCUT2D eigenvalue weighted by Crippen LogP contribution is -2.33. The second kappa shape index (κ2) is 13.1. The monoisotopic (exact) mass is 528 g/mol. The summed E-state index contributed by atoms with van der Waals surface area (Å²) in [7, 11) is 0. The van der Waals surface area contributed by atoms with Crippen LogP contribution in [0.2, 0.25) is 0 Å². The molecule has 0 aliphatic heterocycles. The Kier molecular flexibility index (Phi) is 9.87. The fourth-order valence-corrected chi connectivity index (χ4v) is 4.23. The maximum atomic E-state index is 12.4. The number of benzene rings is 2. The lowest BCUT2D eigenvalue weighted by atomic mass is 9.70. The largest absolute Gasteiger partial charge is 0.573 e. The smallest absolute Gasteiger partial charge is 0.461 e. The van der Waals surface area contributed by atoms with Gasteiger partial charge in [-0.3, -0.25) is 9.59 Å².